The number of primary sulfonamides is 1. The number of carbonyl (C=O) groups is 1. The Kier molecular flexibility index (Phi) is 5.48. The van der Waals surface area contributed by atoms with Gasteiger partial charge in [0.05, 0.1) is 4.90 Å². The molecule has 0 spiro atoms. The van der Waals surface area contributed by atoms with Gasteiger partial charge in [0.25, 0.3) is 5.91 Å². The molecule has 0 aromatic heterocycles. The number of nitrogens with one attached hydrogen (secondary N) is 1. The summed E-state index contributed by atoms with van der Waals surface area (Å²) in [4.78, 5) is 12.5. The molecule has 0 saturated heterocycles. The van der Waals surface area contributed by atoms with E-state index < -0.39 is 10.0 Å². The van der Waals surface area contributed by atoms with Crippen molar-refractivity contribution in [1.29, 1.82) is 0 Å². The maximum Gasteiger partial charge on any atom is 0.255 e. The molecule has 144 valence electrons. The molecule has 0 heterocycles. The lowest BCUT2D eigenvalue weighted by molar-refractivity contribution is 0.102. The van der Waals surface area contributed by atoms with Crippen LogP contribution in [0.3, 0.4) is 0 Å². The van der Waals surface area contributed by atoms with Crippen LogP contribution in [0.2, 0.25) is 0 Å². The molecule has 1 amide bonds. The van der Waals surface area contributed by atoms with Crippen LogP contribution in [0.1, 0.15) is 21.5 Å². The minimum atomic E-state index is -3.87. The molecule has 3 N–H and O–H groups in total. The number of amides is 1. The first-order valence-corrected chi connectivity index (χ1v) is 10.1. The third kappa shape index (κ3) is 4.57. The molecule has 3 rings (SSSR count). The summed E-state index contributed by atoms with van der Waals surface area (Å²) >= 11 is 0. The molecular weight excluding hydrogens is 376 g/mol. The average molecular weight is 396 g/mol. The van der Waals surface area contributed by atoms with Gasteiger partial charge >= 0.3 is 0 Å². The van der Waals surface area contributed by atoms with Crippen LogP contribution in [-0.4, -0.2) is 14.3 Å². The van der Waals surface area contributed by atoms with Crippen molar-refractivity contribution in [2.24, 2.45) is 5.14 Å². The number of ether oxygens (including phenoxy) is 1. The lowest BCUT2D eigenvalue weighted by Crippen LogP contribution is -2.16. The second-order valence-electron chi connectivity index (χ2n) is 6.35. The molecule has 0 aliphatic rings. The van der Waals surface area contributed by atoms with E-state index in [1.807, 2.05) is 30.3 Å². The molecule has 3 aromatic rings. The second-order valence-corrected chi connectivity index (χ2v) is 7.91. The minimum absolute atomic E-state index is 0.0440. The zero-order valence-electron chi connectivity index (χ0n) is 15.5. The lowest BCUT2D eigenvalue weighted by atomic mass is 10.1. The van der Waals surface area contributed by atoms with E-state index in [1.165, 1.54) is 12.1 Å². The summed E-state index contributed by atoms with van der Waals surface area (Å²) in [5.74, 6) is 0.942. The van der Waals surface area contributed by atoms with Gasteiger partial charge in [-0.2, -0.15) is 0 Å². The molecule has 0 aliphatic carbocycles. The fraction of sp³-hybridized carbons (Fsp3) is 0.0952. The maximum atomic E-state index is 12.6. The Labute approximate surface area is 164 Å². The van der Waals surface area contributed by atoms with Crippen molar-refractivity contribution in [3.05, 3.63) is 83.4 Å². The summed E-state index contributed by atoms with van der Waals surface area (Å²) in [6.07, 6.45) is 0. The van der Waals surface area contributed by atoms with Crippen molar-refractivity contribution >= 4 is 21.6 Å². The smallest absolute Gasteiger partial charge is 0.255 e. The molecule has 0 aliphatic heterocycles. The minimum Gasteiger partial charge on any atom is -0.457 e. The predicted octanol–water partition coefficient (Wildman–Crippen LogP) is 4.00. The Morgan fingerprint density at radius 2 is 1.54 bits per heavy atom. The van der Waals surface area contributed by atoms with Gasteiger partial charge in [0.15, 0.2) is 0 Å². The van der Waals surface area contributed by atoms with Gasteiger partial charge in [-0.25, -0.2) is 13.6 Å². The van der Waals surface area contributed by atoms with Crippen LogP contribution in [0.4, 0.5) is 5.69 Å². The van der Waals surface area contributed by atoms with Crippen LogP contribution in [0.15, 0.2) is 71.6 Å². The molecule has 0 unspecified atom stereocenters. The molecular formula is C21H20N2O4S. The highest BCUT2D eigenvalue weighted by Gasteiger charge is 2.15. The van der Waals surface area contributed by atoms with Crippen molar-refractivity contribution < 1.29 is 17.9 Å². The largest absolute Gasteiger partial charge is 0.457 e. The van der Waals surface area contributed by atoms with E-state index in [1.54, 1.807) is 38.1 Å². The fourth-order valence-corrected chi connectivity index (χ4v) is 3.24. The number of nitrogens with two attached hydrogens (primary N) is 1. The Morgan fingerprint density at radius 1 is 0.929 bits per heavy atom. The Bertz CT molecular complexity index is 1110. The summed E-state index contributed by atoms with van der Waals surface area (Å²) in [5.41, 5.74) is 2.30. The van der Waals surface area contributed by atoms with Crippen molar-refractivity contribution in [2.75, 3.05) is 5.32 Å². The van der Waals surface area contributed by atoms with Gasteiger partial charge in [0.2, 0.25) is 10.0 Å². The van der Waals surface area contributed by atoms with Gasteiger partial charge in [-0.3, -0.25) is 4.79 Å². The van der Waals surface area contributed by atoms with Crippen LogP contribution >= 0.6 is 0 Å². The molecule has 28 heavy (non-hydrogen) atoms. The number of rotatable bonds is 5. The van der Waals surface area contributed by atoms with Crippen LogP contribution in [0, 0.1) is 13.8 Å². The maximum absolute atomic E-state index is 12.6. The summed E-state index contributed by atoms with van der Waals surface area (Å²) < 4.78 is 29.0. The predicted molar refractivity (Wildman–Crippen MR) is 108 cm³/mol. The first-order valence-electron chi connectivity index (χ1n) is 8.52. The van der Waals surface area contributed by atoms with E-state index in [9.17, 15) is 13.2 Å². The number of benzene rings is 3. The summed E-state index contributed by atoms with van der Waals surface area (Å²) in [5, 5.41) is 7.96. The van der Waals surface area contributed by atoms with Crippen LogP contribution < -0.4 is 15.2 Å². The number of para-hydroxylation sites is 1. The van der Waals surface area contributed by atoms with Crippen LogP contribution in [-0.2, 0) is 10.0 Å². The number of carbonyl (C=O) groups excluding carboxylic acids is 1. The van der Waals surface area contributed by atoms with E-state index in [-0.39, 0.29) is 10.8 Å². The third-order valence-electron chi connectivity index (χ3n) is 4.31. The van der Waals surface area contributed by atoms with Crippen LogP contribution in [0.25, 0.3) is 0 Å². The lowest BCUT2D eigenvalue weighted by Gasteiger charge is -2.13. The van der Waals surface area contributed by atoms with E-state index in [0.717, 1.165) is 5.56 Å². The molecule has 7 heteroatoms. The van der Waals surface area contributed by atoms with E-state index in [0.29, 0.717) is 28.3 Å². The molecule has 3 aromatic carbocycles. The molecule has 0 fully saturated rings. The molecule has 0 bridgehead atoms. The fourth-order valence-electron chi connectivity index (χ4n) is 2.61. The topological polar surface area (TPSA) is 98.5 Å². The van der Waals surface area contributed by atoms with Crippen LogP contribution in [0.5, 0.6) is 11.5 Å². The highest BCUT2D eigenvalue weighted by atomic mass is 32.2. The molecule has 6 nitrogen and oxygen atoms in total. The quantitative estimate of drug-likeness (QED) is 0.681. The molecule has 0 radical (unpaired) electrons. The van der Waals surface area contributed by atoms with E-state index in [2.05, 4.69) is 5.32 Å². The number of aryl methyl sites for hydroxylation is 1. The Hall–Kier alpha value is -3.16. The van der Waals surface area contributed by atoms with Gasteiger partial charge in [-0.1, -0.05) is 18.2 Å². The summed E-state index contributed by atoms with van der Waals surface area (Å²) in [6, 6.07) is 18.8. The SMILES string of the molecule is Cc1cc(S(N)(=O)=O)cc(NC(=O)c2ccc(Oc3ccccc3)cc2)c1C. The van der Waals surface area contributed by atoms with Gasteiger partial charge < -0.3 is 10.1 Å². The number of anilines is 1. The highest BCUT2D eigenvalue weighted by molar-refractivity contribution is 7.89. The first kappa shape index (κ1) is 19.6. The van der Waals surface area contributed by atoms with Gasteiger partial charge in [0.1, 0.15) is 11.5 Å². The standard InChI is InChI=1S/C21H20N2O4S/c1-14-12-19(28(22,25)26)13-20(15(14)2)23-21(24)16-8-10-18(11-9-16)27-17-6-4-3-5-7-17/h3-13H,1-2H3,(H,23,24)(H2,22,25,26). The zero-order chi connectivity index (χ0) is 20.3. The summed E-state index contributed by atoms with van der Waals surface area (Å²) in [6.45, 7) is 3.56. The number of hydrogen-bond donors (Lipinski definition) is 2. The average Bonchev–Trinajstić information content (AvgIpc) is 2.66. The Morgan fingerprint density at radius 3 is 2.14 bits per heavy atom. The third-order valence-corrected chi connectivity index (χ3v) is 5.21. The second kappa shape index (κ2) is 7.84. The Balaban J connectivity index is 1.79. The normalized spacial score (nSPS) is 11.1. The van der Waals surface area contributed by atoms with Crippen molar-refractivity contribution in [2.45, 2.75) is 18.7 Å². The first-order chi connectivity index (χ1) is 13.2. The zero-order valence-corrected chi connectivity index (χ0v) is 16.3. The van der Waals surface area contributed by atoms with Gasteiger partial charge in [-0.15, -0.1) is 0 Å². The number of sulfonamides is 1. The van der Waals surface area contributed by atoms with Crippen molar-refractivity contribution in [3.63, 3.8) is 0 Å². The van der Waals surface area contributed by atoms with Gasteiger partial charge in [0, 0.05) is 11.3 Å². The van der Waals surface area contributed by atoms with E-state index >= 15 is 0 Å². The van der Waals surface area contributed by atoms with E-state index in [4.69, 9.17) is 9.88 Å². The molecule has 0 atom stereocenters. The van der Waals surface area contributed by atoms with Crippen molar-refractivity contribution in [3.8, 4) is 11.5 Å². The highest BCUT2D eigenvalue weighted by Crippen LogP contribution is 2.25. The molecule has 0 saturated carbocycles. The summed E-state index contributed by atoms with van der Waals surface area (Å²) in [7, 11) is -3.87. The number of hydrogen-bond acceptors (Lipinski definition) is 4. The monoisotopic (exact) mass is 396 g/mol. The van der Waals surface area contributed by atoms with Crippen molar-refractivity contribution in [1.82, 2.24) is 0 Å². The van der Waals surface area contributed by atoms with Gasteiger partial charge in [-0.05, 0) is 73.5 Å².